The summed E-state index contributed by atoms with van der Waals surface area (Å²) in [5.74, 6) is 1.44. The molecule has 3 aliphatic rings. The fraction of sp³-hybridized carbons (Fsp3) is 0.708. The van der Waals surface area contributed by atoms with Crippen LogP contribution in [0.5, 0.6) is 0 Å². The fourth-order valence-electron chi connectivity index (χ4n) is 5.21. The van der Waals surface area contributed by atoms with Crippen LogP contribution in [0.3, 0.4) is 0 Å². The Bertz CT molecular complexity index is 930. The van der Waals surface area contributed by atoms with Gasteiger partial charge in [0.05, 0.1) is 24.4 Å². The van der Waals surface area contributed by atoms with Gasteiger partial charge >= 0.3 is 0 Å². The summed E-state index contributed by atoms with van der Waals surface area (Å²) in [4.78, 5) is 23.6. The van der Waals surface area contributed by atoms with E-state index in [0.29, 0.717) is 18.5 Å². The van der Waals surface area contributed by atoms with Crippen LogP contribution in [0, 0.1) is 12.8 Å². The van der Waals surface area contributed by atoms with Crippen LogP contribution in [0.25, 0.3) is 0 Å². The van der Waals surface area contributed by atoms with E-state index in [4.69, 9.17) is 14.2 Å². The number of nitrogens with zero attached hydrogens (tertiary/aromatic N) is 4. The third kappa shape index (κ3) is 5.94. The number of fused-ring (bicyclic) bond motifs is 1. The highest BCUT2D eigenvalue weighted by Crippen LogP contribution is 2.32. The van der Waals surface area contributed by atoms with Crippen molar-refractivity contribution in [3.63, 3.8) is 0 Å². The van der Waals surface area contributed by atoms with Crippen molar-refractivity contribution in [1.29, 1.82) is 0 Å². The van der Waals surface area contributed by atoms with Gasteiger partial charge in [-0.2, -0.15) is 0 Å². The van der Waals surface area contributed by atoms with E-state index in [1.54, 1.807) is 0 Å². The standard InChI is InChI=1S/C24H35N5O3S/c1-17-13-20(32-27-17)14-23(30)25-19-5-3-18(4-6-19)7-10-28-11-8-22-21(15-28)26-24(33-22)29-9-2-12-31-16-29/h13,18-19H,2-12,14-16H2,1H3,(H,25,30)/t18-,19-. The van der Waals surface area contributed by atoms with Gasteiger partial charge in [0.1, 0.15) is 12.5 Å². The first-order chi connectivity index (χ1) is 16.1. The molecule has 1 aliphatic carbocycles. The smallest absolute Gasteiger partial charge is 0.227 e. The topological polar surface area (TPSA) is 83.7 Å². The molecule has 0 bridgehead atoms. The second-order valence-electron chi connectivity index (χ2n) is 9.73. The fourth-order valence-corrected chi connectivity index (χ4v) is 6.28. The molecule has 0 radical (unpaired) electrons. The Balaban J connectivity index is 1.02. The Morgan fingerprint density at radius 3 is 2.91 bits per heavy atom. The lowest BCUT2D eigenvalue weighted by atomic mass is 9.84. The molecule has 5 rings (SSSR count). The molecule has 0 spiro atoms. The molecule has 1 N–H and O–H groups in total. The predicted octanol–water partition coefficient (Wildman–Crippen LogP) is 3.29. The average Bonchev–Trinajstić information content (AvgIpc) is 3.44. The van der Waals surface area contributed by atoms with Gasteiger partial charge < -0.3 is 19.5 Å². The number of nitrogens with one attached hydrogen (secondary N) is 1. The van der Waals surface area contributed by atoms with Crippen molar-refractivity contribution in [2.45, 2.75) is 70.9 Å². The molecule has 1 amide bonds. The molecule has 4 heterocycles. The summed E-state index contributed by atoms with van der Waals surface area (Å²) in [6, 6.07) is 2.12. The van der Waals surface area contributed by atoms with Crippen LogP contribution in [0.4, 0.5) is 5.13 Å². The van der Waals surface area contributed by atoms with Crippen LogP contribution in [-0.2, 0) is 28.9 Å². The third-order valence-electron chi connectivity index (χ3n) is 7.11. The number of amides is 1. The normalized spacial score (nSPS) is 24.0. The highest BCUT2D eigenvalue weighted by molar-refractivity contribution is 7.15. The van der Waals surface area contributed by atoms with E-state index < -0.39 is 0 Å². The minimum atomic E-state index is 0.0393. The SMILES string of the molecule is Cc1cc(CC(=O)N[C@H]2CC[C@H](CCN3CCc4sc(N5CCCOC5)nc4C3)CC2)on1. The summed E-state index contributed by atoms with van der Waals surface area (Å²) in [6.45, 7) is 7.73. The molecule has 0 atom stereocenters. The molecule has 180 valence electrons. The summed E-state index contributed by atoms with van der Waals surface area (Å²) in [5, 5.41) is 8.18. The Hall–Kier alpha value is -1.97. The second kappa shape index (κ2) is 10.5. The number of anilines is 1. The van der Waals surface area contributed by atoms with Crippen LogP contribution in [0.15, 0.2) is 10.6 Å². The van der Waals surface area contributed by atoms with Gasteiger partial charge in [0.25, 0.3) is 0 Å². The van der Waals surface area contributed by atoms with Crippen LogP contribution < -0.4 is 10.2 Å². The lowest BCUT2D eigenvalue weighted by Crippen LogP contribution is -2.39. The number of aryl methyl sites for hydroxylation is 1. The minimum Gasteiger partial charge on any atom is -0.361 e. The molecule has 0 aromatic carbocycles. The van der Waals surface area contributed by atoms with E-state index in [2.05, 4.69) is 20.3 Å². The zero-order chi connectivity index (χ0) is 22.6. The Labute approximate surface area is 199 Å². The Morgan fingerprint density at radius 1 is 1.27 bits per heavy atom. The number of thiazole rings is 1. The molecule has 2 aromatic rings. The molecule has 2 aromatic heterocycles. The first-order valence-electron chi connectivity index (χ1n) is 12.4. The van der Waals surface area contributed by atoms with E-state index in [1.165, 1.54) is 29.8 Å². The van der Waals surface area contributed by atoms with Crippen LogP contribution >= 0.6 is 11.3 Å². The molecule has 33 heavy (non-hydrogen) atoms. The van der Waals surface area contributed by atoms with Crippen LogP contribution in [0.2, 0.25) is 0 Å². The van der Waals surface area contributed by atoms with E-state index in [1.807, 2.05) is 24.3 Å². The molecule has 1 saturated heterocycles. The third-order valence-corrected chi connectivity index (χ3v) is 8.32. The molecular formula is C24H35N5O3S. The Kier molecular flexibility index (Phi) is 7.27. The molecule has 2 fully saturated rings. The van der Waals surface area contributed by atoms with Crippen molar-refractivity contribution in [1.82, 2.24) is 20.4 Å². The monoisotopic (exact) mass is 473 g/mol. The van der Waals surface area contributed by atoms with E-state index in [-0.39, 0.29) is 12.3 Å². The number of carbonyl (C=O) groups is 1. The number of hydrogen-bond acceptors (Lipinski definition) is 8. The quantitative estimate of drug-likeness (QED) is 0.661. The summed E-state index contributed by atoms with van der Waals surface area (Å²) in [7, 11) is 0. The first kappa shape index (κ1) is 22.8. The number of aromatic nitrogens is 2. The molecule has 9 heteroatoms. The van der Waals surface area contributed by atoms with Crippen LogP contribution in [-0.4, -0.2) is 60.0 Å². The lowest BCUT2D eigenvalue weighted by molar-refractivity contribution is -0.121. The van der Waals surface area contributed by atoms with Gasteiger partial charge in [0.15, 0.2) is 5.13 Å². The van der Waals surface area contributed by atoms with Crippen molar-refractivity contribution in [3.8, 4) is 0 Å². The average molecular weight is 474 g/mol. The summed E-state index contributed by atoms with van der Waals surface area (Å²) in [6.07, 6.45) is 8.26. The first-order valence-corrected chi connectivity index (χ1v) is 13.2. The number of ether oxygens (including phenoxy) is 1. The highest BCUT2D eigenvalue weighted by atomic mass is 32.1. The Morgan fingerprint density at radius 2 is 2.15 bits per heavy atom. The highest BCUT2D eigenvalue weighted by Gasteiger charge is 2.26. The molecule has 8 nitrogen and oxygen atoms in total. The molecule has 2 aliphatic heterocycles. The van der Waals surface area contributed by atoms with Crippen molar-refractivity contribution in [3.05, 3.63) is 28.1 Å². The van der Waals surface area contributed by atoms with Gasteiger partial charge in [-0.15, -0.1) is 11.3 Å². The van der Waals surface area contributed by atoms with Crippen molar-refractivity contribution in [2.75, 3.05) is 37.9 Å². The van der Waals surface area contributed by atoms with E-state index >= 15 is 0 Å². The van der Waals surface area contributed by atoms with Crippen LogP contribution in [0.1, 0.15) is 60.6 Å². The molecule has 0 unspecified atom stereocenters. The lowest BCUT2D eigenvalue weighted by Gasteiger charge is -2.32. The zero-order valence-corrected chi connectivity index (χ0v) is 20.4. The zero-order valence-electron chi connectivity index (χ0n) is 19.6. The number of hydrogen-bond donors (Lipinski definition) is 1. The van der Waals surface area contributed by atoms with E-state index in [0.717, 1.165) is 75.2 Å². The largest absolute Gasteiger partial charge is 0.361 e. The van der Waals surface area contributed by atoms with Gasteiger partial charge in [-0.05, 0) is 64.3 Å². The van der Waals surface area contributed by atoms with Gasteiger partial charge in [-0.3, -0.25) is 9.69 Å². The minimum absolute atomic E-state index is 0.0393. The summed E-state index contributed by atoms with van der Waals surface area (Å²) < 4.78 is 10.8. The van der Waals surface area contributed by atoms with Gasteiger partial charge in [0.2, 0.25) is 5.91 Å². The second-order valence-corrected chi connectivity index (χ2v) is 10.8. The number of rotatable bonds is 7. The van der Waals surface area contributed by atoms with Gasteiger partial charge in [-0.25, -0.2) is 4.98 Å². The van der Waals surface area contributed by atoms with Gasteiger partial charge in [-0.1, -0.05) is 5.16 Å². The van der Waals surface area contributed by atoms with Crippen molar-refractivity contribution in [2.24, 2.45) is 5.92 Å². The maximum absolute atomic E-state index is 12.3. The maximum Gasteiger partial charge on any atom is 0.227 e. The summed E-state index contributed by atoms with van der Waals surface area (Å²) >= 11 is 1.86. The van der Waals surface area contributed by atoms with E-state index in [9.17, 15) is 4.79 Å². The maximum atomic E-state index is 12.3. The van der Waals surface area contributed by atoms with Crippen molar-refractivity contribution < 1.29 is 14.1 Å². The van der Waals surface area contributed by atoms with Crippen molar-refractivity contribution >= 4 is 22.4 Å². The number of carbonyl (C=O) groups excluding carboxylic acids is 1. The predicted molar refractivity (Wildman–Crippen MR) is 127 cm³/mol. The summed E-state index contributed by atoms with van der Waals surface area (Å²) in [5.41, 5.74) is 2.09. The molecular weight excluding hydrogens is 438 g/mol. The molecule has 1 saturated carbocycles. The van der Waals surface area contributed by atoms with Gasteiger partial charge in [0, 0.05) is 36.6 Å².